The summed E-state index contributed by atoms with van der Waals surface area (Å²) in [5, 5.41) is 36.6. The number of aromatic nitrogens is 1. The first kappa shape index (κ1) is 20.9. The van der Waals surface area contributed by atoms with Crippen LogP contribution >= 0.6 is 15.9 Å². The molecular weight excluding hydrogens is 456 g/mol. The minimum absolute atomic E-state index is 0.0303. The molecule has 0 saturated carbocycles. The van der Waals surface area contributed by atoms with Gasteiger partial charge in [-0.05, 0) is 35.8 Å². The number of hydrogen-bond donors (Lipinski definition) is 1. The zero-order valence-corrected chi connectivity index (χ0v) is 17.6. The van der Waals surface area contributed by atoms with Gasteiger partial charge in [0.05, 0.1) is 21.2 Å². The molecule has 30 heavy (non-hydrogen) atoms. The van der Waals surface area contributed by atoms with E-state index in [1.165, 1.54) is 20.0 Å². The average molecular weight is 469 g/mol. The maximum absolute atomic E-state index is 12.6. The molecular formula is C19H13BrN6O4. The van der Waals surface area contributed by atoms with E-state index in [9.17, 15) is 30.0 Å². The Hall–Kier alpha value is -3.83. The lowest BCUT2D eigenvalue weighted by atomic mass is 10.0. The second-order valence-corrected chi connectivity index (χ2v) is 7.12. The molecule has 1 aromatic carbocycles. The van der Waals surface area contributed by atoms with Gasteiger partial charge in [-0.25, -0.2) is 0 Å². The van der Waals surface area contributed by atoms with E-state index in [2.05, 4.69) is 26.2 Å². The summed E-state index contributed by atoms with van der Waals surface area (Å²) < 4.78 is 0.952. The maximum Gasteiger partial charge on any atom is 0.281 e. The van der Waals surface area contributed by atoms with Gasteiger partial charge in [-0.3, -0.25) is 23.9 Å². The van der Waals surface area contributed by atoms with E-state index in [0.29, 0.717) is 0 Å². The first-order valence-electron chi connectivity index (χ1n) is 8.56. The molecule has 1 aromatic heterocycles. The van der Waals surface area contributed by atoms with Crippen LogP contribution in [-0.4, -0.2) is 32.9 Å². The van der Waals surface area contributed by atoms with Crippen LogP contribution in [0.25, 0.3) is 0 Å². The number of imide groups is 1. The van der Waals surface area contributed by atoms with Crippen LogP contribution in [0.3, 0.4) is 0 Å². The third-order valence-corrected chi connectivity index (χ3v) is 5.52. The van der Waals surface area contributed by atoms with Crippen molar-refractivity contribution in [1.29, 1.82) is 10.5 Å². The molecule has 11 heteroatoms. The van der Waals surface area contributed by atoms with Crippen molar-refractivity contribution < 1.29 is 14.7 Å². The van der Waals surface area contributed by atoms with E-state index >= 15 is 0 Å². The molecule has 1 aliphatic heterocycles. The molecule has 2 amide bonds. The summed E-state index contributed by atoms with van der Waals surface area (Å²) >= 11 is 3.23. The number of nitriles is 2. The Morgan fingerprint density at radius 1 is 1.13 bits per heavy atom. The Morgan fingerprint density at radius 2 is 1.77 bits per heavy atom. The lowest BCUT2D eigenvalue weighted by Crippen LogP contribution is -2.29. The Morgan fingerprint density at radius 3 is 2.33 bits per heavy atom. The number of rotatable bonds is 3. The van der Waals surface area contributed by atoms with Crippen molar-refractivity contribution in [2.45, 2.75) is 13.8 Å². The van der Waals surface area contributed by atoms with E-state index in [0.717, 1.165) is 9.47 Å². The van der Waals surface area contributed by atoms with Crippen LogP contribution in [0.2, 0.25) is 0 Å². The van der Waals surface area contributed by atoms with Gasteiger partial charge in [-0.2, -0.15) is 10.5 Å². The van der Waals surface area contributed by atoms with E-state index in [1.807, 2.05) is 6.07 Å². The highest BCUT2D eigenvalue weighted by Gasteiger charge is 2.38. The molecule has 0 radical (unpaired) electrons. The summed E-state index contributed by atoms with van der Waals surface area (Å²) in [6.07, 6.45) is 0. The van der Waals surface area contributed by atoms with Crippen molar-refractivity contribution in [3.05, 3.63) is 48.7 Å². The second-order valence-electron chi connectivity index (χ2n) is 6.32. The van der Waals surface area contributed by atoms with Crippen LogP contribution < -0.4 is 5.56 Å². The smallest absolute Gasteiger partial charge is 0.281 e. The van der Waals surface area contributed by atoms with Crippen molar-refractivity contribution in [2.75, 3.05) is 6.54 Å². The average Bonchev–Trinajstić information content (AvgIpc) is 2.97. The number of azo groups is 1. The molecule has 1 aliphatic rings. The molecule has 0 atom stereocenters. The number of hydrogen-bond acceptors (Lipinski definition) is 8. The summed E-state index contributed by atoms with van der Waals surface area (Å²) in [6, 6.07) is 4.96. The van der Waals surface area contributed by atoms with Gasteiger partial charge in [-0.15, -0.1) is 10.2 Å². The van der Waals surface area contributed by atoms with Gasteiger partial charge in [0.15, 0.2) is 5.69 Å². The second kappa shape index (κ2) is 7.54. The number of amides is 2. The molecule has 150 valence electrons. The standard InChI is InChI=1S/C19H13BrN6O4/c1-4-26-17(28)10-5-9(6-21)15(13(20)12(10)18(26)29)24-23-14-8(2)11(7-22)16(27)25(3)19(14)30/h5,27H,4H2,1-3H3. The van der Waals surface area contributed by atoms with Crippen LogP contribution in [0, 0.1) is 29.6 Å². The van der Waals surface area contributed by atoms with Crippen LogP contribution in [0.15, 0.2) is 25.6 Å². The normalized spacial score (nSPS) is 12.9. The summed E-state index contributed by atoms with van der Waals surface area (Å²) in [4.78, 5) is 38.5. The Balaban J connectivity index is 2.24. The van der Waals surface area contributed by atoms with Gasteiger partial charge in [0.1, 0.15) is 23.4 Å². The Bertz CT molecular complexity index is 1310. The predicted molar refractivity (Wildman–Crippen MR) is 107 cm³/mol. The SMILES string of the molecule is CCN1C(=O)c2cc(C#N)c(N=Nc3c(C)c(C#N)c(O)n(C)c3=O)c(Br)c2C1=O. The van der Waals surface area contributed by atoms with E-state index in [-0.39, 0.29) is 50.2 Å². The number of aromatic hydroxyl groups is 1. The predicted octanol–water partition coefficient (Wildman–Crippen LogP) is 2.94. The van der Waals surface area contributed by atoms with Crippen molar-refractivity contribution in [1.82, 2.24) is 9.47 Å². The first-order valence-corrected chi connectivity index (χ1v) is 9.35. The van der Waals surface area contributed by atoms with Crippen molar-refractivity contribution in [3.63, 3.8) is 0 Å². The lowest BCUT2D eigenvalue weighted by molar-refractivity contribution is 0.0662. The molecule has 0 saturated heterocycles. The van der Waals surface area contributed by atoms with Crippen LogP contribution in [0.4, 0.5) is 11.4 Å². The monoisotopic (exact) mass is 468 g/mol. The highest BCUT2D eigenvalue weighted by molar-refractivity contribution is 9.10. The number of halogens is 1. The highest BCUT2D eigenvalue weighted by atomic mass is 79.9. The van der Waals surface area contributed by atoms with Gasteiger partial charge < -0.3 is 5.11 Å². The number of carbonyl (C=O) groups is 2. The van der Waals surface area contributed by atoms with E-state index < -0.39 is 23.3 Å². The molecule has 0 unspecified atom stereocenters. The van der Waals surface area contributed by atoms with Crippen LogP contribution in [0.1, 0.15) is 44.3 Å². The summed E-state index contributed by atoms with van der Waals surface area (Å²) in [5.41, 5.74) is -0.871. The van der Waals surface area contributed by atoms with E-state index in [4.69, 9.17) is 0 Å². The third kappa shape index (κ3) is 2.88. The molecule has 10 nitrogen and oxygen atoms in total. The fourth-order valence-electron chi connectivity index (χ4n) is 3.08. The minimum atomic E-state index is -0.702. The minimum Gasteiger partial charge on any atom is -0.493 e. The largest absolute Gasteiger partial charge is 0.493 e. The zero-order chi connectivity index (χ0) is 22.3. The molecule has 2 heterocycles. The molecule has 1 N–H and O–H groups in total. The Labute approximate surface area is 178 Å². The van der Waals surface area contributed by atoms with Gasteiger partial charge in [0.2, 0.25) is 5.88 Å². The van der Waals surface area contributed by atoms with Crippen molar-refractivity contribution in [2.24, 2.45) is 17.3 Å². The zero-order valence-electron chi connectivity index (χ0n) is 16.0. The van der Waals surface area contributed by atoms with Gasteiger partial charge >= 0.3 is 0 Å². The first-order chi connectivity index (χ1) is 14.2. The summed E-state index contributed by atoms with van der Waals surface area (Å²) in [7, 11) is 1.27. The fourth-order valence-corrected chi connectivity index (χ4v) is 3.76. The number of carbonyl (C=O) groups excluding carboxylic acids is 2. The summed E-state index contributed by atoms with van der Waals surface area (Å²) in [6.45, 7) is 3.24. The third-order valence-electron chi connectivity index (χ3n) is 4.75. The summed E-state index contributed by atoms with van der Waals surface area (Å²) in [5.74, 6) is -1.55. The van der Waals surface area contributed by atoms with Crippen LogP contribution in [0.5, 0.6) is 5.88 Å². The fraction of sp³-hybridized carbons (Fsp3) is 0.211. The molecule has 0 bridgehead atoms. The van der Waals surface area contributed by atoms with E-state index in [1.54, 1.807) is 13.0 Å². The van der Waals surface area contributed by atoms with Gasteiger partial charge in [0.25, 0.3) is 17.4 Å². The van der Waals surface area contributed by atoms with Crippen LogP contribution in [-0.2, 0) is 7.05 Å². The lowest BCUT2D eigenvalue weighted by Gasteiger charge is -2.09. The molecule has 0 aliphatic carbocycles. The number of fused-ring (bicyclic) bond motifs is 1. The molecule has 0 fully saturated rings. The topological polar surface area (TPSA) is 152 Å². The van der Waals surface area contributed by atoms with Crippen molar-refractivity contribution in [3.8, 4) is 18.0 Å². The Kier molecular flexibility index (Phi) is 5.25. The maximum atomic E-state index is 12.6. The molecule has 3 rings (SSSR count). The number of pyridine rings is 1. The van der Waals surface area contributed by atoms with Crippen molar-refractivity contribution >= 4 is 39.1 Å². The number of benzene rings is 1. The highest BCUT2D eigenvalue weighted by Crippen LogP contribution is 2.40. The quantitative estimate of drug-likeness (QED) is 0.539. The van der Waals surface area contributed by atoms with Gasteiger partial charge in [0, 0.05) is 19.2 Å². The molecule has 2 aromatic rings. The molecule has 0 spiro atoms. The number of nitrogens with zero attached hydrogens (tertiary/aromatic N) is 6. The van der Waals surface area contributed by atoms with Gasteiger partial charge in [-0.1, -0.05) is 0 Å².